The Morgan fingerprint density at radius 3 is 2.54 bits per heavy atom. The molecule has 2 rings (SSSR count). The number of aliphatic imine (C=N–C) groups is 1. The second kappa shape index (κ2) is 11.7. The number of guanidine groups is 1. The van der Waals surface area contributed by atoms with Gasteiger partial charge in [-0.1, -0.05) is 36.8 Å². The highest BCUT2D eigenvalue weighted by Gasteiger charge is 2.36. The highest BCUT2D eigenvalue weighted by molar-refractivity contribution is 14.0. The van der Waals surface area contributed by atoms with Crippen LogP contribution in [0.1, 0.15) is 37.7 Å². The van der Waals surface area contributed by atoms with Crippen molar-refractivity contribution in [1.82, 2.24) is 10.6 Å². The number of hydrogen-bond acceptors (Lipinski definition) is 2. The van der Waals surface area contributed by atoms with Gasteiger partial charge < -0.3 is 15.4 Å². The van der Waals surface area contributed by atoms with Crippen LogP contribution in [0.15, 0.2) is 35.3 Å². The SMILES string of the molecule is CN=C(NCCCc1ccccc1)NCC1(CCOC)CCC1.I. The van der Waals surface area contributed by atoms with Crippen molar-refractivity contribution in [3.05, 3.63) is 35.9 Å². The fourth-order valence-corrected chi connectivity index (χ4v) is 3.15. The number of rotatable bonds is 9. The summed E-state index contributed by atoms with van der Waals surface area (Å²) >= 11 is 0. The third-order valence-electron chi connectivity index (χ3n) is 4.88. The van der Waals surface area contributed by atoms with E-state index < -0.39 is 0 Å². The molecule has 0 bridgehead atoms. The van der Waals surface area contributed by atoms with E-state index in [-0.39, 0.29) is 24.0 Å². The summed E-state index contributed by atoms with van der Waals surface area (Å²) in [4.78, 5) is 4.34. The van der Waals surface area contributed by atoms with Gasteiger partial charge in [0.2, 0.25) is 0 Å². The Hall–Kier alpha value is -0.820. The molecule has 5 heteroatoms. The summed E-state index contributed by atoms with van der Waals surface area (Å²) in [6, 6.07) is 10.6. The number of halogens is 1. The van der Waals surface area contributed by atoms with E-state index in [2.05, 4.69) is 46.0 Å². The van der Waals surface area contributed by atoms with E-state index in [1.54, 1.807) is 7.11 Å². The molecule has 1 aliphatic carbocycles. The summed E-state index contributed by atoms with van der Waals surface area (Å²) in [6.07, 6.45) is 7.29. The maximum absolute atomic E-state index is 5.25. The Balaban J connectivity index is 0.00000288. The van der Waals surface area contributed by atoms with Gasteiger partial charge in [-0.05, 0) is 43.1 Å². The van der Waals surface area contributed by atoms with E-state index >= 15 is 0 Å². The Morgan fingerprint density at radius 1 is 1.21 bits per heavy atom. The molecule has 0 aliphatic heterocycles. The molecular weight excluding hydrogens is 413 g/mol. The standard InChI is InChI=1S/C19H31N3O.HI/c1-20-18(21-14-6-10-17-8-4-3-5-9-17)22-16-19(11-7-12-19)13-15-23-2;/h3-5,8-9H,6-7,10-16H2,1-2H3,(H2,20,21,22);1H. The normalized spacial score (nSPS) is 16.0. The third kappa shape index (κ3) is 6.97. The zero-order valence-electron chi connectivity index (χ0n) is 15.0. The topological polar surface area (TPSA) is 45.7 Å². The van der Waals surface area contributed by atoms with Gasteiger partial charge in [-0.15, -0.1) is 24.0 Å². The zero-order valence-corrected chi connectivity index (χ0v) is 17.3. The van der Waals surface area contributed by atoms with E-state index in [1.165, 1.54) is 24.8 Å². The van der Waals surface area contributed by atoms with Crippen LogP contribution in [0.2, 0.25) is 0 Å². The highest BCUT2D eigenvalue weighted by atomic mass is 127. The van der Waals surface area contributed by atoms with Gasteiger partial charge in [-0.2, -0.15) is 0 Å². The summed E-state index contributed by atoms with van der Waals surface area (Å²) in [7, 11) is 3.63. The first kappa shape index (κ1) is 21.2. The Kier molecular flexibility index (Phi) is 10.3. The minimum atomic E-state index is 0. The van der Waals surface area contributed by atoms with Gasteiger partial charge in [-0.3, -0.25) is 4.99 Å². The lowest BCUT2D eigenvalue weighted by Gasteiger charge is -2.42. The van der Waals surface area contributed by atoms with E-state index in [9.17, 15) is 0 Å². The molecule has 4 nitrogen and oxygen atoms in total. The highest BCUT2D eigenvalue weighted by Crippen LogP contribution is 2.43. The van der Waals surface area contributed by atoms with Crippen LogP contribution in [0.4, 0.5) is 0 Å². The second-order valence-corrected chi connectivity index (χ2v) is 6.54. The van der Waals surface area contributed by atoms with Crippen molar-refractivity contribution in [2.75, 3.05) is 33.9 Å². The smallest absolute Gasteiger partial charge is 0.190 e. The maximum atomic E-state index is 5.25. The molecule has 1 saturated carbocycles. The average molecular weight is 445 g/mol. The number of nitrogens with one attached hydrogen (secondary N) is 2. The Morgan fingerprint density at radius 2 is 1.96 bits per heavy atom. The first-order valence-electron chi connectivity index (χ1n) is 8.75. The molecule has 136 valence electrons. The zero-order chi connectivity index (χ0) is 16.4. The molecule has 0 saturated heterocycles. The third-order valence-corrected chi connectivity index (χ3v) is 4.88. The van der Waals surface area contributed by atoms with Crippen LogP contribution in [0.5, 0.6) is 0 Å². The molecule has 0 amide bonds. The Labute approximate surface area is 163 Å². The molecule has 1 aromatic carbocycles. The van der Waals surface area contributed by atoms with Crippen LogP contribution in [0.25, 0.3) is 0 Å². The van der Waals surface area contributed by atoms with Gasteiger partial charge in [0.15, 0.2) is 5.96 Å². The van der Waals surface area contributed by atoms with Crippen molar-refractivity contribution in [3.63, 3.8) is 0 Å². The molecule has 0 atom stereocenters. The molecular formula is C19H32IN3O. The summed E-state index contributed by atoms with van der Waals surface area (Å²) < 4.78 is 5.25. The van der Waals surface area contributed by atoms with Crippen LogP contribution in [0, 0.1) is 5.41 Å². The number of methoxy groups -OCH3 is 1. The van der Waals surface area contributed by atoms with Crippen LogP contribution in [0.3, 0.4) is 0 Å². The van der Waals surface area contributed by atoms with Crippen LogP contribution in [-0.4, -0.2) is 39.8 Å². The van der Waals surface area contributed by atoms with E-state index in [1.807, 2.05) is 7.05 Å². The van der Waals surface area contributed by atoms with Gasteiger partial charge in [0, 0.05) is 33.9 Å². The number of nitrogens with zero attached hydrogens (tertiary/aromatic N) is 1. The van der Waals surface area contributed by atoms with Crippen molar-refractivity contribution in [2.45, 2.75) is 38.5 Å². The molecule has 1 fully saturated rings. The summed E-state index contributed by atoms with van der Waals surface area (Å²) in [5, 5.41) is 6.93. The molecule has 0 radical (unpaired) electrons. The van der Waals surface area contributed by atoms with Crippen molar-refractivity contribution < 1.29 is 4.74 Å². The summed E-state index contributed by atoms with van der Waals surface area (Å²) in [5.74, 6) is 0.918. The first-order chi connectivity index (χ1) is 11.3. The first-order valence-corrected chi connectivity index (χ1v) is 8.75. The second-order valence-electron chi connectivity index (χ2n) is 6.54. The summed E-state index contributed by atoms with van der Waals surface area (Å²) in [6.45, 7) is 2.79. The molecule has 0 aromatic heterocycles. The van der Waals surface area contributed by atoms with Crippen LogP contribution in [-0.2, 0) is 11.2 Å². The molecule has 1 aromatic rings. The lowest BCUT2D eigenvalue weighted by Crippen LogP contribution is -2.47. The van der Waals surface area contributed by atoms with E-state index in [0.29, 0.717) is 5.41 Å². The fraction of sp³-hybridized carbons (Fsp3) is 0.632. The van der Waals surface area contributed by atoms with E-state index in [4.69, 9.17) is 4.74 Å². The van der Waals surface area contributed by atoms with Gasteiger partial charge in [0.25, 0.3) is 0 Å². The lowest BCUT2D eigenvalue weighted by atomic mass is 9.67. The van der Waals surface area contributed by atoms with Crippen molar-refractivity contribution in [3.8, 4) is 0 Å². The molecule has 24 heavy (non-hydrogen) atoms. The molecule has 0 spiro atoms. The minimum absolute atomic E-state index is 0. The van der Waals surface area contributed by atoms with Crippen LogP contribution < -0.4 is 10.6 Å². The molecule has 0 heterocycles. The number of ether oxygens (including phenoxy) is 1. The average Bonchev–Trinajstić information content (AvgIpc) is 2.56. The number of aryl methyl sites for hydroxylation is 1. The minimum Gasteiger partial charge on any atom is -0.385 e. The molecule has 0 unspecified atom stereocenters. The van der Waals surface area contributed by atoms with Crippen molar-refractivity contribution in [2.24, 2.45) is 10.4 Å². The quantitative estimate of drug-likeness (QED) is 0.264. The van der Waals surface area contributed by atoms with Crippen molar-refractivity contribution in [1.29, 1.82) is 0 Å². The maximum Gasteiger partial charge on any atom is 0.190 e. The lowest BCUT2D eigenvalue weighted by molar-refractivity contribution is 0.0732. The van der Waals surface area contributed by atoms with Crippen molar-refractivity contribution >= 4 is 29.9 Å². The summed E-state index contributed by atoms with van der Waals surface area (Å²) in [5.41, 5.74) is 1.81. The van der Waals surface area contributed by atoms with E-state index in [0.717, 1.165) is 44.9 Å². The van der Waals surface area contributed by atoms with Gasteiger partial charge in [-0.25, -0.2) is 0 Å². The monoisotopic (exact) mass is 445 g/mol. The van der Waals surface area contributed by atoms with Crippen LogP contribution >= 0.6 is 24.0 Å². The van der Waals surface area contributed by atoms with Gasteiger partial charge >= 0.3 is 0 Å². The number of benzene rings is 1. The fourth-order valence-electron chi connectivity index (χ4n) is 3.15. The van der Waals surface area contributed by atoms with Gasteiger partial charge in [0.1, 0.15) is 0 Å². The number of hydrogen-bond donors (Lipinski definition) is 2. The van der Waals surface area contributed by atoms with Gasteiger partial charge in [0.05, 0.1) is 0 Å². The predicted molar refractivity (Wildman–Crippen MR) is 112 cm³/mol. The molecule has 1 aliphatic rings. The predicted octanol–water partition coefficient (Wildman–Crippen LogP) is 3.61. The largest absolute Gasteiger partial charge is 0.385 e. The molecule has 2 N–H and O–H groups in total. The Bertz CT molecular complexity index is 475.